The highest BCUT2D eigenvalue weighted by molar-refractivity contribution is 7.99. The number of nitrogens with one attached hydrogen (secondary N) is 1. The van der Waals surface area contributed by atoms with Gasteiger partial charge in [0.25, 0.3) is 0 Å². The van der Waals surface area contributed by atoms with Crippen molar-refractivity contribution in [3.8, 4) is 0 Å². The molecule has 0 aliphatic heterocycles. The zero-order valence-corrected chi connectivity index (χ0v) is 6.73. The summed E-state index contributed by atoms with van der Waals surface area (Å²) < 4.78 is 0. The number of aromatic nitrogens is 2. The number of nitrogens with zero attached hydrogens (tertiary/aromatic N) is 1. The van der Waals surface area contributed by atoms with Crippen molar-refractivity contribution in [3.63, 3.8) is 0 Å². The highest BCUT2D eigenvalue weighted by Crippen LogP contribution is 2.11. The van der Waals surface area contributed by atoms with E-state index >= 15 is 0 Å². The molecule has 0 radical (unpaired) electrons. The second-order valence-corrected chi connectivity index (χ2v) is 3.04. The number of imidazole rings is 1. The quantitative estimate of drug-likeness (QED) is 0.643. The molecule has 1 heterocycles. The minimum absolute atomic E-state index is 0.274. The molecule has 0 aliphatic carbocycles. The Morgan fingerprint density at radius 1 is 1.82 bits per heavy atom. The van der Waals surface area contributed by atoms with Crippen molar-refractivity contribution in [2.24, 2.45) is 5.73 Å². The molecule has 0 spiro atoms. The van der Waals surface area contributed by atoms with Gasteiger partial charge in [-0.25, -0.2) is 4.98 Å². The van der Waals surface area contributed by atoms with Gasteiger partial charge in [0.15, 0.2) is 5.16 Å². The fraction of sp³-hybridized carbons (Fsp3) is 0.333. The van der Waals surface area contributed by atoms with Crippen molar-refractivity contribution < 1.29 is 4.79 Å². The van der Waals surface area contributed by atoms with Gasteiger partial charge in [-0.15, -0.1) is 0 Å². The predicted molar refractivity (Wildman–Crippen MR) is 43.1 cm³/mol. The maximum absolute atomic E-state index is 10.3. The maximum Gasteiger partial charge on any atom is 0.218 e. The van der Waals surface area contributed by atoms with E-state index in [1.165, 1.54) is 11.8 Å². The summed E-state index contributed by atoms with van der Waals surface area (Å²) in [5.74, 6) is 0.409. The van der Waals surface area contributed by atoms with Crippen molar-refractivity contribution in [3.05, 3.63) is 12.4 Å². The van der Waals surface area contributed by atoms with E-state index in [2.05, 4.69) is 9.97 Å². The molecule has 0 aliphatic rings. The van der Waals surface area contributed by atoms with Crippen LogP contribution in [0.3, 0.4) is 0 Å². The van der Waals surface area contributed by atoms with Crippen LogP contribution in [0.2, 0.25) is 0 Å². The van der Waals surface area contributed by atoms with Crippen LogP contribution >= 0.6 is 11.8 Å². The SMILES string of the molecule is NC(=O)CCSc1ncc[nH]1. The highest BCUT2D eigenvalue weighted by Gasteiger charge is 1.97. The highest BCUT2D eigenvalue weighted by atomic mass is 32.2. The van der Waals surface area contributed by atoms with Crippen molar-refractivity contribution >= 4 is 17.7 Å². The van der Waals surface area contributed by atoms with E-state index in [1.807, 2.05) is 0 Å². The van der Waals surface area contributed by atoms with Crippen LogP contribution in [0.15, 0.2) is 17.6 Å². The molecule has 1 aromatic rings. The van der Waals surface area contributed by atoms with Crippen LogP contribution in [0.5, 0.6) is 0 Å². The third kappa shape index (κ3) is 3.08. The summed E-state index contributed by atoms with van der Waals surface area (Å²) >= 11 is 1.49. The number of nitrogens with two attached hydrogens (primary N) is 1. The van der Waals surface area contributed by atoms with Crippen LogP contribution in [0.1, 0.15) is 6.42 Å². The molecule has 0 saturated carbocycles. The zero-order valence-electron chi connectivity index (χ0n) is 5.91. The van der Waals surface area contributed by atoms with Crippen molar-refractivity contribution in [2.75, 3.05) is 5.75 Å². The fourth-order valence-corrected chi connectivity index (χ4v) is 1.36. The molecule has 0 fully saturated rings. The van der Waals surface area contributed by atoms with Crippen molar-refractivity contribution in [1.82, 2.24) is 9.97 Å². The van der Waals surface area contributed by atoms with E-state index in [-0.39, 0.29) is 5.91 Å². The number of aromatic amines is 1. The lowest BCUT2D eigenvalue weighted by Crippen LogP contribution is -2.10. The molecule has 1 aromatic heterocycles. The van der Waals surface area contributed by atoms with E-state index in [0.717, 1.165) is 5.16 Å². The summed E-state index contributed by atoms with van der Waals surface area (Å²) in [6, 6.07) is 0. The van der Waals surface area contributed by atoms with E-state index in [4.69, 9.17) is 5.73 Å². The number of thioether (sulfide) groups is 1. The van der Waals surface area contributed by atoms with E-state index < -0.39 is 0 Å². The molecule has 1 rings (SSSR count). The molecule has 0 atom stereocenters. The first kappa shape index (κ1) is 8.13. The molecule has 0 aromatic carbocycles. The van der Waals surface area contributed by atoms with E-state index in [0.29, 0.717) is 12.2 Å². The number of hydrogen-bond donors (Lipinski definition) is 2. The fourth-order valence-electron chi connectivity index (χ4n) is 0.578. The molecule has 5 heteroatoms. The normalized spacial score (nSPS) is 9.82. The van der Waals surface area contributed by atoms with Crippen molar-refractivity contribution in [1.29, 1.82) is 0 Å². The van der Waals surface area contributed by atoms with Gasteiger partial charge in [0.2, 0.25) is 5.91 Å². The Labute approximate surface area is 68.6 Å². The average molecular weight is 171 g/mol. The maximum atomic E-state index is 10.3. The predicted octanol–water partition coefficient (Wildman–Crippen LogP) is 0.377. The Bertz CT molecular complexity index is 222. The summed E-state index contributed by atoms with van der Waals surface area (Å²) in [5, 5.41) is 0.825. The van der Waals surface area contributed by atoms with Crippen LogP contribution in [0.25, 0.3) is 0 Å². The Morgan fingerprint density at radius 3 is 3.18 bits per heavy atom. The summed E-state index contributed by atoms with van der Waals surface area (Å²) in [4.78, 5) is 17.2. The van der Waals surface area contributed by atoms with Crippen LogP contribution in [0.4, 0.5) is 0 Å². The molecule has 4 nitrogen and oxygen atoms in total. The minimum Gasteiger partial charge on any atom is -0.370 e. The molecule has 3 N–H and O–H groups in total. The number of rotatable bonds is 4. The molecule has 60 valence electrons. The number of amides is 1. The number of carbonyl (C=O) groups is 1. The Kier molecular flexibility index (Phi) is 2.97. The van der Waals surface area contributed by atoms with Crippen LogP contribution in [-0.4, -0.2) is 21.6 Å². The van der Waals surface area contributed by atoms with Crippen LogP contribution in [-0.2, 0) is 4.79 Å². The molecule has 11 heavy (non-hydrogen) atoms. The van der Waals surface area contributed by atoms with E-state index in [1.54, 1.807) is 12.4 Å². The second-order valence-electron chi connectivity index (χ2n) is 1.96. The van der Waals surface area contributed by atoms with Gasteiger partial charge in [0.1, 0.15) is 0 Å². The van der Waals surface area contributed by atoms with Gasteiger partial charge < -0.3 is 10.7 Å². The largest absolute Gasteiger partial charge is 0.370 e. The van der Waals surface area contributed by atoms with Gasteiger partial charge in [-0.1, -0.05) is 11.8 Å². The molecule has 0 bridgehead atoms. The Hall–Kier alpha value is -0.970. The Balaban J connectivity index is 2.19. The summed E-state index contributed by atoms with van der Waals surface area (Å²) in [7, 11) is 0. The molecular formula is C6H9N3OS. The number of carbonyl (C=O) groups excluding carboxylic acids is 1. The van der Waals surface area contributed by atoms with Gasteiger partial charge >= 0.3 is 0 Å². The van der Waals surface area contributed by atoms with Crippen LogP contribution < -0.4 is 5.73 Å². The average Bonchev–Trinajstić information content (AvgIpc) is 2.39. The monoisotopic (exact) mass is 171 g/mol. The third-order valence-electron chi connectivity index (χ3n) is 1.06. The minimum atomic E-state index is -0.274. The lowest BCUT2D eigenvalue weighted by Gasteiger charge is -1.92. The molecule has 0 saturated heterocycles. The first-order valence-corrected chi connectivity index (χ1v) is 4.18. The summed E-state index contributed by atoms with van der Waals surface area (Å²) in [6.07, 6.45) is 3.81. The number of H-pyrrole nitrogens is 1. The summed E-state index contributed by atoms with van der Waals surface area (Å²) in [5.41, 5.74) is 4.95. The standard InChI is InChI=1S/C6H9N3OS/c7-5(10)1-4-11-6-8-2-3-9-6/h2-3H,1,4H2,(H2,7,10)(H,8,9). The smallest absolute Gasteiger partial charge is 0.218 e. The van der Waals surface area contributed by atoms with Gasteiger partial charge in [-0.2, -0.15) is 0 Å². The lowest BCUT2D eigenvalue weighted by molar-refractivity contribution is -0.117. The van der Waals surface area contributed by atoms with Gasteiger partial charge in [0, 0.05) is 24.6 Å². The second kappa shape index (κ2) is 4.02. The number of hydrogen-bond acceptors (Lipinski definition) is 3. The summed E-state index contributed by atoms with van der Waals surface area (Å²) in [6.45, 7) is 0. The van der Waals surface area contributed by atoms with Crippen molar-refractivity contribution in [2.45, 2.75) is 11.6 Å². The molecule has 1 amide bonds. The third-order valence-corrected chi connectivity index (χ3v) is 1.97. The zero-order chi connectivity index (χ0) is 8.10. The van der Waals surface area contributed by atoms with Gasteiger partial charge in [-0.3, -0.25) is 4.79 Å². The van der Waals surface area contributed by atoms with Crippen LogP contribution in [0, 0.1) is 0 Å². The number of primary amides is 1. The molecular weight excluding hydrogens is 162 g/mol. The first-order valence-electron chi connectivity index (χ1n) is 3.19. The van der Waals surface area contributed by atoms with Gasteiger partial charge in [-0.05, 0) is 0 Å². The van der Waals surface area contributed by atoms with E-state index in [9.17, 15) is 4.79 Å². The molecule has 0 unspecified atom stereocenters. The Morgan fingerprint density at radius 2 is 2.64 bits per heavy atom. The topological polar surface area (TPSA) is 71.8 Å². The first-order chi connectivity index (χ1) is 5.29. The van der Waals surface area contributed by atoms with Gasteiger partial charge in [0.05, 0.1) is 0 Å². The lowest BCUT2D eigenvalue weighted by atomic mass is 10.5.